The summed E-state index contributed by atoms with van der Waals surface area (Å²) in [6, 6.07) is 9.18. The molecule has 1 aliphatic heterocycles. The van der Waals surface area contributed by atoms with Crippen LogP contribution in [0.1, 0.15) is 5.56 Å². The molecule has 0 spiro atoms. The Hall–Kier alpha value is -3.16. The van der Waals surface area contributed by atoms with E-state index in [0.717, 1.165) is 21.7 Å². The van der Waals surface area contributed by atoms with E-state index < -0.39 is 11.9 Å². The van der Waals surface area contributed by atoms with Crippen LogP contribution in [0.4, 0.5) is 10.6 Å². The largest absolute Gasteiger partial charge is 0.327 e. The molecule has 4 amide bonds. The Balaban J connectivity index is 1.77. The summed E-state index contributed by atoms with van der Waals surface area (Å²) >= 11 is 0. The summed E-state index contributed by atoms with van der Waals surface area (Å²) in [5, 5.41) is 7.20. The van der Waals surface area contributed by atoms with Crippen LogP contribution in [0.3, 0.4) is 0 Å². The van der Waals surface area contributed by atoms with E-state index in [1.807, 2.05) is 37.3 Å². The molecule has 1 N–H and O–H groups in total. The maximum atomic E-state index is 12.3. The van der Waals surface area contributed by atoms with Crippen molar-refractivity contribution in [2.24, 2.45) is 7.05 Å². The zero-order valence-corrected chi connectivity index (χ0v) is 14.3. The van der Waals surface area contributed by atoms with Crippen molar-refractivity contribution in [3.05, 3.63) is 35.9 Å². The molecular weight excluding hydrogens is 322 g/mol. The number of likely N-dealkylation sites (N-methyl/N-ethyl adjacent to an activating group) is 1. The van der Waals surface area contributed by atoms with Crippen LogP contribution in [-0.2, 0) is 16.6 Å². The quantitative estimate of drug-likeness (QED) is 0.847. The Labute approximate surface area is 145 Å². The fourth-order valence-electron chi connectivity index (χ4n) is 2.81. The van der Waals surface area contributed by atoms with E-state index >= 15 is 0 Å². The molecule has 1 aromatic carbocycles. The van der Waals surface area contributed by atoms with Crippen LogP contribution < -0.4 is 5.32 Å². The summed E-state index contributed by atoms with van der Waals surface area (Å²) in [6.45, 7) is 1.55. The van der Waals surface area contributed by atoms with E-state index in [0.29, 0.717) is 5.82 Å². The van der Waals surface area contributed by atoms with Crippen LogP contribution in [0.15, 0.2) is 30.3 Å². The molecule has 1 saturated heterocycles. The zero-order valence-electron chi connectivity index (χ0n) is 14.3. The second kappa shape index (κ2) is 6.39. The van der Waals surface area contributed by atoms with Gasteiger partial charge in [-0.15, -0.1) is 0 Å². The average molecular weight is 341 g/mol. The number of carbonyl (C=O) groups excluding carboxylic acids is 3. The summed E-state index contributed by atoms with van der Waals surface area (Å²) in [5.41, 5.74) is 2.53. The van der Waals surface area contributed by atoms with Gasteiger partial charge in [-0.2, -0.15) is 5.10 Å². The number of rotatable bonds is 4. The lowest BCUT2D eigenvalue weighted by molar-refractivity contribution is -0.129. The van der Waals surface area contributed by atoms with E-state index in [9.17, 15) is 14.4 Å². The number of imide groups is 1. The summed E-state index contributed by atoms with van der Waals surface area (Å²) in [6.07, 6.45) is 0. The number of benzene rings is 1. The van der Waals surface area contributed by atoms with Crippen LogP contribution in [-0.4, -0.2) is 57.6 Å². The molecule has 0 bridgehead atoms. The van der Waals surface area contributed by atoms with Crippen molar-refractivity contribution in [1.82, 2.24) is 19.6 Å². The minimum atomic E-state index is -0.466. The van der Waals surface area contributed by atoms with Crippen LogP contribution in [0.2, 0.25) is 0 Å². The molecule has 0 aliphatic carbocycles. The van der Waals surface area contributed by atoms with Gasteiger partial charge in [0.05, 0.1) is 5.69 Å². The predicted octanol–water partition coefficient (Wildman–Crippen LogP) is 1.23. The molecule has 3 rings (SSSR count). The number of amides is 4. The first-order chi connectivity index (χ1) is 11.9. The number of urea groups is 1. The maximum absolute atomic E-state index is 12.3. The van der Waals surface area contributed by atoms with Gasteiger partial charge in [0.1, 0.15) is 18.9 Å². The lowest BCUT2D eigenvalue weighted by atomic mass is 10.1. The third kappa shape index (κ3) is 3.10. The Morgan fingerprint density at radius 3 is 2.48 bits per heavy atom. The fourth-order valence-corrected chi connectivity index (χ4v) is 2.81. The molecule has 8 heteroatoms. The number of carbonyl (C=O) groups is 3. The number of hydrogen-bond acceptors (Lipinski definition) is 4. The second-order valence-corrected chi connectivity index (χ2v) is 5.98. The third-order valence-electron chi connectivity index (χ3n) is 4.12. The van der Waals surface area contributed by atoms with Crippen molar-refractivity contribution < 1.29 is 14.4 Å². The molecule has 25 heavy (non-hydrogen) atoms. The van der Waals surface area contributed by atoms with Crippen LogP contribution in [0.5, 0.6) is 0 Å². The molecular formula is C17H19N5O3. The number of aryl methyl sites for hydroxylation is 1. The van der Waals surface area contributed by atoms with E-state index in [4.69, 9.17) is 0 Å². The van der Waals surface area contributed by atoms with Crippen LogP contribution in [0, 0.1) is 6.92 Å². The van der Waals surface area contributed by atoms with Gasteiger partial charge in [-0.05, 0) is 6.92 Å². The van der Waals surface area contributed by atoms with Gasteiger partial charge >= 0.3 is 6.03 Å². The maximum Gasteiger partial charge on any atom is 0.327 e. The van der Waals surface area contributed by atoms with Crippen molar-refractivity contribution >= 4 is 23.7 Å². The highest BCUT2D eigenvalue weighted by molar-refractivity contribution is 6.06. The molecule has 1 aromatic heterocycles. The lowest BCUT2D eigenvalue weighted by Gasteiger charge is -2.14. The van der Waals surface area contributed by atoms with Crippen molar-refractivity contribution in [2.45, 2.75) is 6.92 Å². The summed E-state index contributed by atoms with van der Waals surface area (Å²) < 4.78 is 1.58. The van der Waals surface area contributed by atoms with Crippen LogP contribution in [0.25, 0.3) is 11.3 Å². The van der Waals surface area contributed by atoms with E-state index in [2.05, 4.69) is 10.4 Å². The summed E-state index contributed by atoms with van der Waals surface area (Å²) in [4.78, 5) is 38.2. The van der Waals surface area contributed by atoms with Crippen molar-refractivity contribution in [3.8, 4) is 11.3 Å². The number of nitrogens with zero attached hydrogens (tertiary/aromatic N) is 4. The molecule has 0 unspecified atom stereocenters. The van der Waals surface area contributed by atoms with E-state index in [1.165, 1.54) is 11.9 Å². The number of nitrogens with one attached hydrogen (secondary N) is 1. The monoisotopic (exact) mass is 341 g/mol. The molecule has 0 atom stereocenters. The van der Waals surface area contributed by atoms with Crippen molar-refractivity contribution in [3.63, 3.8) is 0 Å². The topological polar surface area (TPSA) is 87.5 Å². The van der Waals surface area contributed by atoms with Gasteiger partial charge in [-0.25, -0.2) is 4.79 Å². The molecule has 0 saturated carbocycles. The SMILES string of the molecule is Cc1c(-c2ccccc2)nn(C)c1NC(=O)CN1C(=O)CN(C)C1=O. The first-order valence-electron chi connectivity index (χ1n) is 7.83. The predicted molar refractivity (Wildman–Crippen MR) is 91.7 cm³/mol. The van der Waals surface area contributed by atoms with Gasteiger partial charge in [0.15, 0.2) is 0 Å². The minimum Gasteiger partial charge on any atom is -0.318 e. The zero-order chi connectivity index (χ0) is 18.1. The minimum absolute atomic E-state index is 0.00495. The second-order valence-electron chi connectivity index (χ2n) is 5.98. The number of aromatic nitrogens is 2. The molecule has 1 aliphatic rings. The number of anilines is 1. The van der Waals surface area contributed by atoms with Crippen LogP contribution >= 0.6 is 0 Å². The molecule has 2 aromatic rings. The van der Waals surface area contributed by atoms with Gasteiger partial charge < -0.3 is 10.2 Å². The molecule has 0 radical (unpaired) electrons. The first-order valence-corrected chi connectivity index (χ1v) is 7.83. The smallest absolute Gasteiger partial charge is 0.318 e. The van der Waals surface area contributed by atoms with E-state index in [1.54, 1.807) is 11.7 Å². The van der Waals surface area contributed by atoms with Gasteiger partial charge in [-0.1, -0.05) is 30.3 Å². The standard InChI is InChI=1S/C17H19N5O3/c1-11-15(12-7-5-4-6-8-12)19-21(3)16(11)18-13(23)9-22-14(24)10-20(2)17(22)25/h4-8H,9-10H2,1-3H3,(H,18,23). The average Bonchev–Trinajstić information content (AvgIpc) is 3.00. The van der Waals surface area contributed by atoms with Crippen molar-refractivity contribution in [2.75, 3.05) is 25.5 Å². The molecule has 8 nitrogen and oxygen atoms in total. The van der Waals surface area contributed by atoms with E-state index in [-0.39, 0.29) is 19.0 Å². The highest BCUT2D eigenvalue weighted by Gasteiger charge is 2.35. The summed E-state index contributed by atoms with van der Waals surface area (Å²) in [5.74, 6) is -0.284. The Bertz CT molecular complexity index is 843. The lowest BCUT2D eigenvalue weighted by Crippen LogP contribution is -2.38. The molecule has 2 heterocycles. The fraction of sp³-hybridized carbons (Fsp3) is 0.294. The number of hydrogen-bond donors (Lipinski definition) is 1. The Kier molecular flexibility index (Phi) is 4.26. The highest BCUT2D eigenvalue weighted by Crippen LogP contribution is 2.27. The molecule has 1 fully saturated rings. The van der Waals surface area contributed by atoms with Gasteiger partial charge in [0.2, 0.25) is 5.91 Å². The third-order valence-corrected chi connectivity index (χ3v) is 4.12. The highest BCUT2D eigenvalue weighted by atomic mass is 16.2. The van der Waals surface area contributed by atoms with Crippen molar-refractivity contribution in [1.29, 1.82) is 0 Å². The Morgan fingerprint density at radius 1 is 1.20 bits per heavy atom. The molecule has 130 valence electrons. The summed E-state index contributed by atoms with van der Waals surface area (Å²) in [7, 11) is 3.25. The normalized spacial score (nSPS) is 14.4. The first kappa shape index (κ1) is 16.7. The Morgan fingerprint density at radius 2 is 1.88 bits per heavy atom. The van der Waals surface area contributed by atoms with Gasteiger partial charge in [0.25, 0.3) is 5.91 Å². The van der Waals surface area contributed by atoms with Gasteiger partial charge in [-0.3, -0.25) is 19.2 Å². The van der Waals surface area contributed by atoms with Gasteiger partial charge in [0, 0.05) is 25.2 Å².